The molecule has 1 aromatic heterocycles. The predicted octanol–water partition coefficient (Wildman–Crippen LogP) is 3.98. The maximum Gasteiger partial charge on any atom is 0.280 e. The number of aromatic hydroxyl groups is 1. The van der Waals surface area contributed by atoms with E-state index in [1.807, 2.05) is 0 Å². The van der Waals surface area contributed by atoms with E-state index in [1.54, 1.807) is 30.3 Å². The minimum atomic E-state index is -0.656. The lowest BCUT2D eigenvalue weighted by molar-refractivity contribution is -0.384. The summed E-state index contributed by atoms with van der Waals surface area (Å²) in [6.45, 7) is 0. The van der Waals surface area contributed by atoms with Crippen LogP contribution in [0.15, 0.2) is 64.1 Å². The topological polar surface area (TPSA) is 118 Å². The van der Waals surface area contributed by atoms with E-state index in [-0.39, 0.29) is 22.8 Å². The summed E-state index contributed by atoms with van der Waals surface area (Å²) < 4.78 is 5.52. The third-order valence-electron chi connectivity index (χ3n) is 3.55. The number of rotatable bonds is 5. The Labute approximate surface area is 157 Å². The first kappa shape index (κ1) is 18.2. The number of hydrogen-bond donors (Lipinski definition) is 2. The Kier molecular flexibility index (Phi) is 5.18. The monoisotopic (exact) mass is 385 g/mol. The average molecular weight is 386 g/mol. The number of nitro groups is 1. The van der Waals surface area contributed by atoms with Crippen molar-refractivity contribution in [1.82, 2.24) is 5.43 Å². The molecule has 0 spiro atoms. The van der Waals surface area contributed by atoms with Gasteiger partial charge in [0.25, 0.3) is 11.6 Å². The fraction of sp³-hybridized carbons (Fsp3) is 0. The highest BCUT2D eigenvalue weighted by Crippen LogP contribution is 2.30. The largest absolute Gasteiger partial charge is 0.507 e. The molecule has 3 aromatic rings. The van der Waals surface area contributed by atoms with Crippen LogP contribution in [0.4, 0.5) is 5.69 Å². The normalized spacial score (nSPS) is 10.9. The summed E-state index contributed by atoms with van der Waals surface area (Å²) in [6, 6.07) is 13.3. The summed E-state index contributed by atoms with van der Waals surface area (Å²) in [5, 5.41) is 24.8. The van der Waals surface area contributed by atoms with Gasteiger partial charge in [0, 0.05) is 11.1 Å². The van der Waals surface area contributed by atoms with Crippen molar-refractivity contribution in [2.75, 3.05) is 0 Å². The summed E-state index contributed by atoms with van der Waals surface area (Å²) in [7, 11) is 0. The number of hydrogen-bond acceptors (Lipinski definition) is 6. The van der Waals surface area contributed by atoms with E-state index in [0.717, 1.165) is 0 Å². The van der Waals surface area contributed by atoms with Crippen LogP contribution in [-0.4, -0.2) is 22.2 Å². The van der Waals surface area contributed by atoms with Gasteiger partial charge in [0.1, 0.15) is 17.3 Å². The molecule has 0 aliphatic carbocycles. The average Bonchev–Trinajstić information content (AvgIpc) is 3.12. The number of carbonyl (C=O) groups is 1. The molecule has 0 aliphatic heterocycles. The molecule has 0 fully saturated rings. The second kappa shape index (κ2) is 7.71. The molecular formula is C18H12ClN3O5. The summed E-state index contributed by atoms with van der Waals surface area (Å²) >= 11 is 5.79. The molecule has 3 rings (SSSR count). The fourth-order valence-electron chi connectivity index (χ4n) is 2.31. The zero-order valence-corrected chi connectivity index (χ0v) is 14.4. The summed E-state index contributed by atoms with van der Waals surface area (Å²) in [5.74, 6) is -0.318. The summed E-state index contributed by atoms with van der Waals surface area (Å²) in [5.41, 5.74) is 2.46. The molecule has 0 atom stereocenters. The fourth-order valence-corrected chi connectivity index (χ4v) is 2.49. The molecule has 2 aromatic carbocycles. The van der Waals surface area contributed by atoms with Gasteiger partial charge in [-0.05, 0) is 36.4 Å². The van der Waals surface area contributed by atoms with Gasteiger partial charge in [0.2, 0.25) is 0 Å². The number of halogens is 1. The van der Waals surface area contributed by atoms with Crippen LogP contribution in [-0.2, 0) is 0 Å². The minimum Gasteiger partial charge on any atom is -0.507 e. The highest BCUT2D eigenvalue weighted by atomic mass is 35.5. The summed E-state index contributed by atoms with van der Waals surface area (Å²) in [4.78, 5) is 22.6. The van der Waals surface area contributed by atoms with E-state index >= 15 is 0 Å². The highest BCUT2D eigenvalue weighted by Gasteiger charge is 2.17. The van der Waals surface area contributed by atoms with Crippen LogP contribution in [0.1, 0.15) is 16.1 Å². The smallest absolute Gasteiger partial charge is 0.280 e. The third kappa shape index (κ3) is 4.13. The van der Waals surface area contributed by atoms with Crippen LogP contribution < -0.4 is 5.43 Å². The van der Waals surface area contributed by atoms with E-state index in [1.165, 1.54) is 30.5 Å². The maximum absolute atomic E-state index is 12.0. The van der Waals surface area contributed by atoms with Crippen molar-refractivity contribution in [2.24, 2.45) is 5.10 Å². The molecule has 0 unspecified atom stereocenters. The zero-order chi connectivity index (χ0) is 19.4. The molecule has 0 saturated carbocycles. The van der Waals surface area contributed by atoms with Crippen molar-refractivity contribution in [3.05, 3.63) is 81.1 Å². The Morgan fingerprint density at radius 2 is 2.00 bits per heavy atom. The lowest BCUT2D eigenvalue weighted by atomic mass is 10.1. The molecule has 0 radical (unpaired) electrons. The Balaban J connectivity index is 1.74. The molecule has 9 heteroatoms. The van der Waals surface area contributed by atoms with Crippen molar-refractivity contribution in [3.63, 3.8) is 0 Å². The molecule has 8 nitrogen and oxygen atoms in total. The molecule has 0 saturated heterocycles. The number of phenols is 1. The second-order valence-corrected chi connectivity index (χ2v) is 5.77. The SMILES string of the molecule is O=C(N/N=C\c1ccc(-c2ccccc2[N+](=O)[O-])o1)c1cc(Cl)ccc1O. The first-order valence-corrected chi connectivity index (χ1v) is 7.99. The molecular weight excluding hydrogens is 374 g/mol. The Morgan fingerprint density at radius 3 is 2.78 bits per heavy atom. The van der Waals surface area contributed by atoms with Gasteiger partial charge in [-0.1, -0.05) is 23.7 Å². The number of furan rings is 1. The Hall–Kier alpha value is -3.65. The number of benzene rings is 2. The van der Waals surface area contributed by atoms with Crippen LogP contribution in [0.25, 0.3) is 11.3 Å². The minimum absolute atomic E-state index is 0.0281. The van der Waals surface area contributed by atoms with Gasteiger partial charge in [0.15, 0.2) is 0 Å². The standard InChI is InChI=1S/C18H12ClN3O5/c19-11-5-7-16(23)14(9-11)18(24)21-20-10-12-6-8-17(27-12)13-3-1-2-4-15(13)22(25)26/h1-10,23H,(H,21,24)/b20-10-. The molecule has 0 bridgehead atoms. The van der Waals surface area contributed by atoms with Crippen molar-refractivity contribution in [3.8, 4) is 17.1 Å². The van der Waals surface area contributed by atoms with Gasteiger partial charge in [-0.15, -0.1) is 0 Å². The van der Waals surface area contributed by atoms with Gasteiger partial charge in [-0.3, -0.25) is 14.9 Å². The van der Waals surface area contributed by atoms with Crippen molar-refractivity contribution in [2.45, 2.75) is 0 Å². The molecule has 0 aliphatic rings. The molecule has 1 heterocycles. The van der Waals surface area contributed by atoms with E-state index < -0.39 is 10.8 Å². The lowest BCUT2D eigenvalue weighted by Crippen LogP contribution is -2.17. The van der Waals surface area contributed by atoms with Crippen LogP contribution >= 0.6 is 11.6 Å². The number of nitrogens with one attached hydrogen (secondary N) is 1. The second-order valence-electron chi connectivity index (χ2n) is 5.34. The van der Waals surface area contributed by atoms with E-state index in [9.17, 15) is 20.0 Å². The van der Waals surface area contributed by atoms with Crippen molar-refractivity contribution >= 4 is 29.4 Å². The maximum atomic E-state index is 12.0. The summed E-state index contributed by atoms with van der Waals surface area (Å²) in [6.07, 6.45) is 1.23. The lowest BCUT2D eigenvalue weighted by Gasteiger charge is -2.02. The highest BCUT2D eigenvalue weighted by molar-refractivity contribution is 6.31. The van der Waals surface area contributed by atoms with Crippen LogP contribution in [0, 0.1) is 10.1 Å². The van der Waals surface area contributed by atoms with Gasteiger partial charge in [-0.2, -0.15) is 5.10 Å². The van der Waals surface area contributed by atoms with Crippen molar-refractivity contribution in [1.29, 1.82) is 0 Å². The first-order valence-electron chi connectivity index (χ1n) is 7.61. The predicted molar refractivity (Wildman–Crippen MR) is 99.0 cm³/mol. The van der Waals surface area contributed by atoms with Crippen LogP contribution in [0.5, 0.6) is 5.75 Å². The van der Waals surface area contributed by atoms with E-state index in [0.29, 0.717) is 16.3 Å². The number of hydrazone groups is 1. The van der Waals surface area contributed by atoms with Gasteiger partial charge >= 0.3 is 0 Å². The van der Waals surface area contributed by atoms with Gasteiger partial charge in [0.05, 0.1) is 22.3 Å². The van der Waals surface area contributed by atoms with E-state index in [4.69, 9.17) is 16.0 Å². The number of nitro benzene ring substituents is 1. The molecule has 136 valence electrons. The van der Waals surface area contributed by atoms with Crippen LogP contribution in [0.3, 0.4) is 0 Å². The number of carbonyl (C=O) groups excluding carboxylic acids is 1. The van der Waals surface area contributed by atoms with Crippen molar-refractivity contribution < 1.29 is 19.2 Å². The number of nitrogens with zero attached hydrogens (tertiary/aromatic N) is 2. The quantitative estimate of drug-likeness (QED) is 0.391. The van der Waals surface area contributed by atoms with E-state index in [2.05, 4.69) is 10.5 Å². The molecule has 2 N–H and O–H groups in total. The van der Waals surface area contributed by atoms with Gasteiger partial charge in [-0.25, -0.2) is 5.43 Å². The Bertz CT molecular complexity index is 1040. The van der Waals surface area contributed by atoms with Gasteiger partial charge < -0.3 is 9.52 Å². The van der Waals surface area contributed by atoms with Crippen LogP contribution in [0.2, 0.25) is 5.02 Å². The third-order valence-corrected chi connectivity index (χ3v) is 3.79. The zero-order valence-electron chi connectivity index (χ0n) is 13.6. The molecule has 27 heavy (non-hydrogen) atoms. The number of para-hydroxylation sites is 1. The Morgan fingerprint density at radius 1 is 1.22 bits per heavy atom. The number of amides is 1. The molecule has 1 amide bonds. The number of phenolic OH excluding ortho intramolecular Hbond substituents is 1. The first-order chi connectivity index (χ1) is 13.0.